The number of halogens is 2. The molecule has 0 bridgehead atoms. The lowest BCUT2D eigenvalue weighted by atomic mass is 10.4. The van der Waals surface area contributed by atoms with Gasteiger partial charge in [-0.25, -0.2) is 8.42 Å². The molecular weight excluding hydrogens is 347 g/mol. The van der Waals surface area contributed by atoms with Gasteiger partial charge in [0.1, 0.15) is 16.5 Å². The number of rotatable bonds is 4. The molecule has 2 heterocycles. The largest absolute Gasteiger partial charge is 0.314 e. The lowest BCUT2D eigenvalue weighted by Gasteiger charge is -2.18. The standard InChI is InChI=1S/C13H14Cl2N4O2S/c1-18(8-12-17-16-11-6-3-7-19(11)12)22(20,21)10-5-2-4-9(14)13(10)15/h2,4-5H,3,6-8H2,1H3. The van der Waals surface area contributed by atoms with Crippen LogP contribution in [0, 0.1) is 0 Å². The van der Waals surface area contributed by atoms with Gasteiger partial charge in [-0.05, 0) is 18.6 Å². The number of aromatic nitrogens is 3. The van der Waals surface area contributed by atoms with Gasteiger partial charge in [-0.1, -0.05) is 29.3 Å². The van der Waals surface area contributed by atoms with E-state index in [1.807, 2.05) is 4.57 Å². The Kier molecular flexibility index (Phi) is 4.15. The Morgan fingerprint density at radius 3 is 2.86 bits per heavy atom. The lowest BCUT2D eigenvalue weighted by Crippen LogP contribution is -2.28. The van der Waals surface area contributed by atoms with E-state index in [0.717, 1.165) is 25.2 Å². The third-order valence-corrected chi connectivity index (χ3v) is 6.43. The predicted octanol–water partition coefficient (Wildman–Crippen LogP) is 2.35. The minimum absolute atomic E-state index is 0.00896. The van der Waals surface area contributed by atoms with Crippen LogP contribution in [-0.4, -0.2) is 34.5 Å². The highest BCUT2D eigenvalue weighted by atomic mass is 35.5. The number of hydrogen-bond donors (Lipinski definition) is 0. The predicted molar refractivity (Wildman–Crippen MR) is 83.5 cm³/mol. The van der Waals surface area contributed by atoms with Crippen LogP contribution in [0.25, 0.3) is 0 Å². The summed E-state index contributed by atoms with van der Waals surface area (Å²) in [6, 6.07) is 4.55. The minimum Gasteiger partial charge on any atom is -0.314 e. The fourth-order valence-electron chi connectivity index (χ4n) is 2.46. The number of benzene rings is 1. The van der Waals surface area contributed by atoms with E-state index >= 15 is 0 Å². The molecule has 0 atom stereocenters. The molecule has 0 saturated heterocycles. The molecule has 0 aliphatic carbocycles. The monoisotopic (exact) mass is 360 g/mol. The normalized spacial score (nSPS) is 14.5. The van der Waals surface area contributed by atoms with Crippen LogP contribution in [0.15, 0.2) is 23.1 Å². The number of aryl methyl sites for hydroxylation is 1. The van der Waals surface area contributed by atoms with Gasteiger partial charge in [0, 0.05) is 20.0 Å². The number of hydrogen-bond acceptors (Lipinski definition) is 4. The van der Waals surface area contributed by atoms with E-state index in [2.05, 4.69) is 10.2 Å². The molecule has 118 valence electrons. The van der Waals surface area contributed by atoms with Crippen molar-refractivity contribution in [2.75, 3.05) is 7.05 Å². The molecule has 0 saturated carbocycles. The van der Waals surface area contributed by atoms with Crippen molar-refractivity contribution in [1.29, 1.82) is 0 Å². The molecule has 3 rings (SSSR count). The molecule has 0 unspecified atom stereocenters. The van der Waals surface area contributed by atoms with Gasteiger partial charge in [-0.2, -0.15) is 4.31 Å². The molecule has 6 nitrogen and oxygen atoms in total. The average Bonchev–Trinajstić information content (AvgIpc) is 3.06. The summed E-state index contributed by atoms with van der Waals surface area (Å²) in [4.78, 5) is -0.00896. The van der Waals surface area contributed by atoms with Crippen molar-refractivity contribution < 1.29 is 8.42 Å². The van der Waals surface area contributed by atoms with Crippen LogP contribution in [0.1, 0.15) is 18.1 Å². The van der Waals surface area contributed by atoms with E-state index in [9.17, 15) is 8.42 Å². The third kappa shape index (κ3) is 2.62. The van der Waals surface area contributed by atoms with Gasteiger partial charge < -0.3 is 4.57 Å². The molecule has 0 radical (unpaired) electrons. The van der Waals surface area contributed by atoms with Gasteiger partial charge in [0.05, 0.1) is 16.6 Å². The Hall–Kier alpha value is -1.15. The first-order valence-electron chi connectivity index (χ1n) is 6.72. The molecule has 2 aromatic rings. The molecule has 1 aliphatic rings. The quantitative estimate of drug-likeness (QED) is 0.838. The summed E-state index contributed by atoms with van der Waals surface area (Å²) >= 11 is 11.9. The van der Waals surface area contributed by atoms with E-state index < -0.39 is 10.0 Å². The summed E-state index contributed by atoms with van der Waals surface area (Å²) in [5, 5.41) is 8.39. The first-order valence-corrected chi connectivity index (χ1v) is 8.92. The maximum Gasteiger partial charge on any atom is 0.244 e. The molecule has 0 amide bonds. The molecule has 1 aromatic carbocycles. The van der Waals surface area contributed by atoms with Crippen LogP contribution in [0.5, 0.6) is 0 Å². The summed E-state index contributed by atoms with van der Waals surface area (Å²) in [6.07, 6.45) is 1.89. The molecule has 0 fully saturated rings. The topological polar surface area (TPSA) is 68.1 Å². The zero-order valence-electron chi connectivity index (χ0n) is 11.8. The fourth-order valence-corrected chi connectivity index (χ4v) is 4.32. The Bertz CT molecular complexity index is 819. The fraction of sp³-hybridized carbons (Fsp3) is 0.385. The van der Waals surface area contributed by atoms with Gasteiger partial charge in [0.2, 0.25) is 10.0 Å². The van der Waals surface area contributed by atoms with Crippen molar-refractivity contribution in [3.63, 3.8) is 0 Å². The summed E-state index contributed by atoms with van der Waals surface area (Å²) in [5.41, 5.74) is 0. The van der Waals surface area contributed by atoms with Crippen LogP contribution < -0.4 is 0 Å². The SMILES string of the molecule is CN(Cc1nnc2n1CCC2)S(=O)(=O)c1cccc(Cl)c1Cl. The van der Waals surface area contributed by atoms with Crippen molar-refractivity contribution in [3.05, 3.63) is 39.9 Å². The number of sulfonamides is 1. The molecule has 1 aromatic heterocycles. The van der Waals surface area contributed by atoms with Gasteiger partial charge in [0.25, 0.3) is 0 Å². The highest BCUT2D eigenvalue weighted by Crippen LogP contribution is 2.31. The molecule has 0 spiro atoms. The second-order valence-corrected chi connectivity index (χ2v) is 7.90. The molecule has 1 aliphatic heterocycles. The third-order valence-electron chi connectivity index (χ3n) is 3.65. The van der Waals surface area contributed by atoms with Crippen LogP contribution in [-0.2, 0) is 29.5 Å². The van der Waals surface area contributed by atoms with Crippen LogP contribution in [0.3, 0.4) is 0 Å². The summed E-state index contributed by atoms with van der Waals surface area (Å²) in [7, 11) is -2.26. The summed E-state index contributed by atoms with van der Waals surface area (Å²) in [6.45, 7) is 0.960. The van der Waals surface area contributed by atoms with E-state index in [1.165, 1.54) is 17.4 Å². The van der Waals surface area contributed by atoms with Crippen LogP contribution in [0.2, 0.25) is 10.0 Å². The smallest absolute Gasteiger partial charge is 0.244 e. The first-order chi connectivity index (χ1) is 10.4. The number of fused-ring (bicyclic) bond motifs is 1. The van der Waals surface area contributed by atoms with Crippen LogP contribution in [0.4, 0.5) is 0 Å². The minimum atomic E-state index is -3.75. The van der Waals surface area contributed by atoms with E-state index in [4.69, 9.17) is 23.2 Å². The zero-order chi connectivity index (χ0) is 15.9. The molecule has 9 heteroatoms. The van der Waals surface area contributed by atoms with Crippen molar-refractivity contribution in [2.24, 2.45) is 0 Å². The maximum atomic E-state index is 12.7. The van der Waals surface area contributed by atoms with E-state index in [1.54, 1.807) is 12.1 Å². The summed E-state index contributed by atoms with van der Waals surface area (Å²) < 4.78 is 28.5. The highest BCUT2D eigenvalue weighted by Gasteiger charge is 2.27. The van der Waals surface area contributed by atoms with Gasteiger partial charge in [-0.3, -0.25) is 0 Å². The Labute approximate surface area is 138 Å². The van der Waals surface area contributed by atoms with Gasteiger partial charge in [0.15, 0.2) is 0 Å². The second kappa shape index (κ2) is 5.81. The first kappa shape index (κ1) is 15.7. The van der Waals surface area contributed by atoms with Gasteiger partial charge >= 0.3 is 0 Å². The van der Waals surface area contributed by atoms with Crippen molar-refractivity contribution in [3.8, 4) is 0 Å². The Morgan fingerprint density at radius 1 is 1.32 bits per heavy atom. The molecule has 0 N–H and O–H groups in total. The van der Waals surface area contributed by atoms with Crippen molar-refractivity contribution in [2.45, 2.75) is 30.8 Å². The Morgan fingerprint density at radius 2 is 2.09 bits per heavy atom. The lowest BCUT2D eigenvalue weighted by molar-refractivity contribution is 0.447. The van der Waals surface area contributed by atoms with Crippen LogP contribution >= 0.6 is 23.2 Å². The summed E-state index contributed by atoms with van der Waals surface area (Å²) in [5.74, 6) is 1.54. The van der Waals surface area contributed by atoms with E-state index in [-0.39, 0.29) is 21.5 Å². The van der Waals surface area contributed by atoms with Crippen molar-refractivity contribution in [1.82, 2.24) is 19.1 Å². The van der Waals surface area contributed by atoms with Crippen molar-refractivity contribution >= 4 is 33.2 Å². The maximum absolute atomic E-state index is 12.7. The highest BCUT2D eigenvalue weighted by molar-refractivity contribution is 7.89. The number of nitrogens with zero attached hydrogens (tertiary/aromatic N) is 4. The molecular formula is C13H14Cl2N4O2S. The van der Waals surface area contributed by atoms with Gasteiger partial charge in [-0.15, -0.1) is 10.2 Å². The second-order valence-electron chi connectivity index (χ2n) is 5.10. The zero-order valence-corrected chi connectivity index (χ0v) is 14.2. The van der Waals surface area contributed by atoms with E-state index in [0.29, 0.717) is 5.82 Å². The molecule has 22 heavy (non-hydrogen) atoms. The average molecular weight is 361 g/mol. The Balaban J connectivity index is 1.90.